The average molecular weight is 489 g/mol. The van der Waals surface area contributed by atoms with Crippen LogP contribution in [-0.2, 0) is 10.0 Å². The van der Waals surface area contributed by atoms with Gasteiger partial charge in [0, 0.05) is 22.0 Å². The van der Waals surface area contributed by atoms with E-state index < -0.39 is 10.0 Å². The lowest BCUT2D eigenvalue weighted by Crippen LogP contribution is -2.15. The number of hydrogen-bond acceptors (Lipinski definition) is 8. The summed E-state index contributed by atoms with van der Waals surface area (Å²) < 4.78 is 28.0. The minimum atomic E-state index is -3.83. The number of rotatable bonds is 6. The van der Waals surface area contributed by atoms with Gasteiger partial charge in [0.1, 0.15) is 17.0 Å². The molecule has 0 saturated heterocycles. The number of hydrogen-bond donors (Lipinski definition) is 2. The van der Waals surface area contributed by atoms with Gasteiger partial charge in [-0.2, -0.15) is 0 Å². The van der Waals surface area contributed by atoms with Crippen molar-refractivity contribution in [1.29, 1.82) is 0 Å². The van der Waals surface area contributed by atoms with Gasteiger partial charge in [0.2, 0.25) is 5.95 Å². The number of aromatic nitrogens is 4. The normalized spacial score (nSPS) is 11.5. The molecule has 0 aliphatic rings. The zero-order valence-corrected chi connectivity index (χ0v) is 20.0. The minimum absolute atomic E-state index is 0.0507. The zero-order chi connectivity index (χ0) is 23.7. The number of aryl methyl sites for hydroxylation is 2. The highest BCUT2D eigenvalue weighted by atomic mass is 32.2. The van der Waals surface area contributed by atoms with E-state index >= 15 is 0 Å². The van der Waals surface area contributed by atoms with Gasteiger partial charge in [-0.15, -0.1) is 11.3 Å². The maximum absolute atomic E-state index is 12.8. The molecule has 170 valence electrons. The Morgan fingerprint density at radius 2 is 1.56 bits per heavy atom. The standard InChI is InChI=1S/C24H20N6O2S2/c1-15-12-16(2)28-24(27-15)30-34(31,32)19-10-8-18(9-11-19)29-22-20-13-21(17-6-4-3-5-7-17)33-23(20)26-14-25-22/h3-14H,1-2H3,(H,25,26,29)(H,27,28,30). The van der Waals surface area contributed by atoms with E-state index in [-0.39, 0.29) is 10.8 Å². The molecule has 0 bridgehead atoms. The van der Waals surface area contributed by atoms with Crippen LogP contribution >= 0.6 is 11.3 Å². The summed E-state index contributed by atoms with van der Waals surface area (Å²) in [6.07, 6.45) is 1.52. The molecule has 8 nitrogen and oxygen atoms in total. The van der Waals surface area contributed by atoms with Gasteiger partial charge >= 0.3 is 0 Å². The third kappa shape index (κ3) is 4.59. The van der Waals surface area contributed by atoms with E-state index in [0.717, 1.165) is 20.7 Å². The summed E-state index contributed by atoms with van der Waals surface area (Å²) in [5.74, 6) is 0.704. The molecule has 5 aromatic rings. The molecule has 0 aliphatic heterocycles. The first-order valence-corrected chi connectivity index (χ1v) is 12.7. The lowest BCUT2D eigenvalue weighted by Gasteiger charge is -2.10. The molecule has 0 unspecified atom stereocenters. The van der Waals surface area contributed by atoms with Crippen molar-refractivity contribution in [3.63, 3.8) is 0 Å². The van der Waals surface area contributed by atoms with Gasteiger partial charge in [-0.3, -0.25) is 0 Å². The first-order chi connectivity index (χ1) is 16.4. The zero-order valence-electron chi connectivity index (χ0n) is 18.4. The van der Waals surface area contributed by atoms with Gasteiger partial charge < -0.3 is 5.32 Å². The summed E-state index contributed by atoms with van der Waals surface area (Å²) in [6, 6.07) is 20.4. The van der Waals surface area contributed by atoms with E-state index in [1.807, 2.05) is 18.2 Å². The van der Waals surface area contributed by atoms with Crippen LogP contribution in [-0.4, -0.2) is 28.4 Å². The van der Waals surface area contributed by atoms with Crippen molar-refractivity contribution in [1.82, 2.24) is 19.9 Å². The molecule has 3 heterocycles. The Balaban J connectivity index is 1.38. The monoisotopic (exact) mass is 488 g/mol. The quantitative estimate of drug-likeness (QED) is 0.333. The summed E-state index contributed by atoms with van der Waals surface area (Å²) in [5, 5.41) is 4.17. The van der Waals surface area contributed by atoms with Gasteiger partial charge in [0.15, 0.2) is 0 Å². The lowest BCUT2D eigenvalue weighted by molar-refractivity contribution is 0.601. The van der Waals surface area contributed by atoms with E-state index in [9.17, 15) is 8.42 Å². The molecule has 0 saturated carbocycles. The molecule has 0 aliphatic carbocycles. The van der Waals surface area contributed by atoms with Crippen molar-refractivity contribution < 1.29 is 8.42 Å². The lowest BCUT2D eigenvalue weighted by atomic mass is 10.2. The van der Waals surface area contributed by atoms with Crippen LogP contribution in [0.3, 0.4) is 0 Å². The summed E-state index contributed by atoms with van der Waals surface area (Å²) in [4.78, 5) is 19.1. The second-order valence-electron chi connectivity index (χ2n) is 7.65. The fourth-order valence-corrected chi connectivity index (χ4v) is 5.45. The molecule has 3 aromatic heterocycles. The van der Waals surface area contributed by atoms with Crippen molar-refractivity contribution in [2.24, 2.45) is 0 Å². The Labute approximate surface area is 200 Å². The number of nitrogens with one attached hydrogen (secondary N) is 2. The third-order valence-corrected chi connectivity index (χ3v) is 7.46. The van der Waals surface area contributed by atoms with Crippen LogP contribution in [0.5, 0.6) is 0 Å². The molecule has 2 N–H and O–H groups in total. The van der Waals surface area contributed by atoms with Crippen LogP contribution < -0.4 is 10.0 Å². The van der Waals surface area contributed by atoms with Crippen molar-refractivity contribution in [3.05, 3.63) is 84.4 Å². The maximum Gasteiger partial charge on any atom is 0.264 e. The Kier molecular flexibility index (Phi) is 5.68. The second kappa shape index (κ2) is 8.81. The van der Waals surface area contributed by atoms with Crippen LogP contribution in [0.15, 0.2) is 78.0 Å². The molecule has 5 rings (SSSR count). The Morgan fingerprint density at radius 3 is 2.26 bits per heavy atom. The molecule has 0 amide bonds. The Hall–Kier alpha value is -3.89. The highest BCUT2D eigenvalue weighted by Gasteiger charge is 2.17. The van der Waals surface area contributed by atoms with Crippen LogP contribution in [0.2, 0.25) is 0 Å². The van der Waals surface area contributed by atoms with Crippen LogP contribution in [0.25, 0.3) is 20.7 Å². The van der Waals surface area contributed by atoms with Crippen LogP contribution in [0, 0.1) is 13.8 Å². The van der Waals surface area contributed by atoms with Crippen molar-refractivity contribution >= 4 is 49.0 Å². The summed E-state index contributed by atoms with van der Waals surface area (Å²) in [5.41, 5.74) is 3.19. The van der Waals surface area contributed by atoms with Gasteiger partial charge in [-0.1, -0.05) is 30.3 Å². The maximum atomic E-state index is 12.8. The number of sulfonamides is 1. The molecular formula is C24H20N6O2S2. The molecule has 0 fully saturated rings. The van der Waals surface area contributed by atoms with E-state index in [4.69, 9.17) is 0 Å². The minimum Gasteiger partial charge on any atom is -0.340 e. The van der Waals surface area contributed by atoms with E-state index in [0.29, 0.717) is 22.9 Å². The molecule has 10 heteroatoms. The summed E-state index contributed by atoms with van der Waals surface area (Å²) >= 11 is 1.59. The van der Waals surface area contributed by atoms with E-state index in [1.54, 1.807) is 43.4 Å². The second-order valence-corrected chi connectivity index (χ2v) is 10.4. The van der Waals surface area contributed by atoms with E-state index in [1.165, 1.54) is 18.5 Å². The van der Waals surface area contributed by atoms with Crippen molar-refractivity contribution in [3.8, 4) is 10.4 Å². The molecular weight excluding hydrogens is 468 g/mol. The predicted molar refractivity (Wildman–Crippen MR) is 135 cm³/mol. The molecule has 2 aromatic carbocycles. The van der Waals surface area contributed by atoms with Gasteiger partial charge in [0.25, 0.3) is 10.0 Å². The summed E-state index contributed by atoms with van der Waals surface area (Å²) in [7, 11) is -3.83. The third-order valence-electron chi connectivity index (χ3n) is 5.02. The highest BCUT2D eigenvalue weighted by Crippen LogP contribution is 2.35. The number of thiophene rings is 1. The van der Waals surface area contributed by atoms with Gasteiger partial charge in [0.05, 0.1) is 10.3 Å². The topological polar surface area (TPSA) is 110 Å². The van der Waals surface area contributed by atoms with E-state index in [2.05, 4.69) is 48.2 Å². The summed E-state index contributed by atoms with van der Waals surface area (Å²) in [6.45, 7) is 3.57. The largest absolute Gasteiger partial charge is 0.340 e. The van der Waals surface area contributed by atoms with Crippen molar-refractivity contribution in [2.45, 2.75) is 18.7 Å². The van der Waals surface area contributed by atoms with Gasteiger partial charge in [-0.25, -0.2) is 33.1 Å². The molecule has 34 heavy (non-hydrogen) atoms. The fraction of sp³-hybridized carbons (Fsp3) is 0.0833. The number of benzene rings is 2. The van der Waals surface area contributed by atoms with Gasteiger partial charge in [-0.05, 0) is 55.8 Å². The Morgan fingerprint density at radius 1 is 0.853 bits per heavy atom. The highest BCUT2D eigenvalue weighted by molar-refractivity contribution is 7.92. The van der Waals surface area contributed by atoms with Crippen molar-refractivity contribution in [2.75, 3.05) is 10.0 Å². The Bertz CT molecular complexity index is 1560. The predicted octanol–water partition coefficient (Wildman–Crippen LogP) is 5.31. The average Bonchev–Trinajstić information content (AvgIpc) is 3.25. The fourth-order valence-electron chi connectivity index (χ4n) is 3.50. The van der Waals surface area contributed by atoms with Crippen LogP contribution in [0.4, 0.5) is 17.5 Å². The first-order valence-electron chi connectivity index (χ1n) is 10.4. The number of anilines is 3. The SMILES string of the molecule is Cc1cc(C)nc(NS(=O)(=O)c2ccc(Nc3ncnc4sc(-c5ccccc5)cc34)cc2)n1. The van der Waals surface area contributed by atoms with Crippen LogP contribution in [0.1, 0.15) is 11.4 Å². The number of nitrogens with zero attached hydrogens (tertiary/aromatic N) is 4. The smallest absolute Gasteiger partial charge is 0.264 e. The first kappa shape index (κ1) is 21.9. The number of fused-ring (bicyclic) bond motifs is 1. The molecule has 0 spiro atoms. The molecule has 0 atom stereocenters. The molecule has 0 radical (unpaired) electrons.